The monoisotopic (exact) mass is 870 g/mol. The Bertz CT molecular complexity index is 2750. The standard InChI is InChI=1S/C40H46N12O9S/c1-4-52-31(18-24(2)47-52)38(57)46-40-45-29-19-25(37(41)56)20-32(61-17-7-16-60-26-22-48(23-26)33(53)12-15-50-34(54)10-11-35(50)55)36(29)51(40)14-6-5-13-49-30-9-8-27(62(42,58)59)21-28(30)44-39(49)43-3/h5-6,8-11,18-21,26H,4,7,12-17,22-23H2,1-3H3,(H2,41,56)(H,43,44)(H2,42,58,59)(H,45,46,57)/b6-5+. The molecule has 6 N–H and O–H groups in total. The molecule has 3 aromatic heterocycles. The summed E-state index contributed by atoms with van der Waals surface area (Å²) in [6.45, 7) is 5.90. The molecule has 1 saturated heterocycles. The first-order valence-electron chi connectivity index (χ1n) is 19.8. The van der Waals surface area contributed by atoms with Gasteiger partial charge >= 0.3 is 0 Å². The molecular formula is C40H46N12O9S. The second-order valence-electron chi connectivity index (χ2n) is 14.6. The molecule has 0 unspecified atom stereocenters. The number of anilines is 2. The summed E-state index contributed by atoms with van der Waals surface area (Å²) in [5.41, 5.74) is 8.79. The normalized spacial score (nSPS) is 14.5. The number of primary amides is 1. The summed E-state index contributed by atoms with van der Waals surface area (Å²) < 4.78 is 41.3. The van der Waals surface area contributed by atoms with E-state index < -0.39 is 33.7 Å². The Labute approximate surface area is 355 Å². The second kappa shape index (κ2) is 18.0. The van der Waals surface area contributed by atoms with E-state index in [9.17, 15) is 32.4 Å². The molecule has 0 bridgehead atoms. The number of hydrogen-bond acceptors (Lipinski definition) is 13. The molecule has 62 heavy (non-hydrogen) atoms. The number of imidazole rings is 2. The third-order valence-electron chi connectivity index (χ3n) is 10.3. The number of hydrogen-bond donors (Lipinski definition) is 4. The van der Waals surface area contributed by atoms with Crippen molar-refractivity contribution < 1.29 is 41.9 Å². The highest BCUT2D eigenvalue weighted by atomic mass is 32.2. The minimum Gasteiger partial charge on any atom is -0.491 e. The van der Waals surface area contributed by atoms with Gasteiger partial charge < -0.3 is 34.6 Å². The molecule has 1 fully saturated rings. The number of ether oxygens (including phenoxy) is 2. The highest BCUT2D eigenvalue weighted by Gasteiger charge is 2.32. The fraction of sp³-hybridized carbons (Fsp3) is 0.350. The number of carbonyl (C=O) groups is 5. The molecule has 22 heteroatoms. The minimum atomic E-state index is -3.93. The van der Waals surface area contributed by atoms with E-state index in [4.69, 9.17) is 25.3 Å². The number of benzene rings is 2. The molecule has 0 atom stereocenters. The lowest BCUT2D eigenvalue weighted by Crippen LogP contribution is -2.55. The van der Waals surface area contributed by atoms with Crippen molar-refractivity contribution in [3.63, 3.8) is 0 Å². The van der Waals surface area contributed by atoms with Gasteiger partial charge in [-0.05, 0) is 50.2 Å². The van der Waals surface area contributed by atoms with Crippen molar-refractivity contribution in [1.82, 2.24) is 38.7 Å². The van der Waals surface area contributed by atoms with E-state index in [1.165, 1.54) is 36.4 Å². The van der Waals surface area contributed by atoms with Crippen molar-refractivity contribution in [3.8, 4) is 5.75 Å². The van der Waals surface area contributed by atoms with E-state index in [1.54, 1.807) is 40.3 Å². The van der Waals surface area contributed by atoms with Crippen LogP contribution in [0.3, 0.4) is 0 Å². The van der Waals surface area contributed by atoms with Gasteiger partial charge in [0.05, 0.1) is 46.5 Å². The molecule has 2 aliphatic rings. The van der Waals surface area contributed by atoms with Gasteiger partial charge in [0.15, 0.2) is 0 Å². The average Bonchev–Trinajstić information content (AvgIpc) is 3.97. The van der Waals surface area contributed by atoms with E-state index in [0.29, 0.717) is 84.4 Å². The van der Waals surface area contributed by atoms with Crippen LogP contribution >= 0.6 is 0 Å². The predicted octanol–water partition coefficient (Wildman–Crippen LogP) is 1.52. The van der Waals surface area contributed by atoms with E-state index in [1.807, 2.05) is 23.6 Å². The highest BCUT2D eigenvalue weighted by molar-refractivity contribution is 7.89. The lowest BCUT2D eigenvalue weighted by atomic mass is 10.1. The number of primary sulfonamides is 1. The second-order valence-corrected chi connectivity index (χ2v) is 16.1. The summed E-state index contributed by atoms with van der Waals surface area (Å²) in [4.78, 5) is 74.1. The molecular weight excluding hydrogens is 825 g/mol. The number of nitrogens with two attached hydrogens (primary N) is 2. The third-order valence-corrected chi connectivity index (χ3v) is 11.2. The van der Waals surface area contributed by atoms with Crippen LogP contribution < -0.4 is 26.2 Å². The molecule has 326 valence electrons. The number of sulfonamides is 1. The number of rotatable bonds is 19. The molecule has 2 aliphatic heterocycles. The van der Waals surface area contributed by atoms with Gasteiger partial charge in [0, 0.05) is 76.9 Å². The van der Waals surface area contributed by atoms with Crippen LogP contribution in [-0.2, 0) is 48.8 Å². The Morgan fingerprint density at radius 1 is 0.952 bits per heavy atom. The zero-order valence-corrected chi connectivity index (χ0v) is 35.1. The van der Waals surface area contributed by atoms with E-state index in [0.717, 1.165) is 4.90 Å². The minimum absolute atomic E-state index is 0.0225. The first-order valence-corrected chi connectivity index (χ1v) is 21.3. The molecule has 5 heterocycles. The molecule has 5 amide bonds. The summed E-state index contributed by atoms with van der Waals surface area (Å²) >= 11 is 0. The van der Waals surface area contributed by atoms with Crippen LogP contribution in [0.2, 0.25) is 0 Å². The Morgan fingerprint density at radius 2 is 1.66 bits per heavy atom. The van der Waals surface area contributed by atoms with Gasteiger partial charge in [-0.2, -0.15) is 5.10 Å². The predicted molar refractivity (Wildman–Crippen MR) is 226 cm³/mol. The average molecular weight is 871 g/mol. The van der Waals surface area contributed by atoms with Crippen LogP contribution in [0.5, 0.6) is 5.75 Å². The van der Waals surface area contributed by atoms with Crippen molar-refractivity contribution >= 4 is 73.5 Å². The highest BCUT2D eigenvalue weighted by Crippen LogP contribution is 2.32. The molecule has 21 nitrogen and oxygen atoms in total. The van der Waals surface area contributed by atoms with Crippen molar-refractivity contribution in [2.45, 2.75) is 57.3 Å². The maximum Gasteiger partial charge on any atom is 0.276 e. The molecule has 0 spiro atoms. The third kappa shape index (κ3) is 9.21. The number of amides is 5. The fourth-order valence-corrected chi connectivity index (χ4v) is 7.70. The van der Waals surface area contributed by atoms with Crippen LogP contribution in [0.4, 0.5) is 11.9 Å². The quantitative estimate of drug-likeness (QED) is 0.0521. The Morgan fingerprint density at radius 3 is 2.34 bits per heavy atom. The summed E-state index contributed by atoms with van der Waals surface area (Å²) in [7, 11) is -2.23. The smallest absolute Gasteiger partial charge is 0.276 e. The number of nitrogens with one attached hydrogen (secondary N) is 2. The van der Waals surface area contributed by atoms with Gasteiger partial charge in [0.1, 0.15) is 17.0 Å². The molecule has 0 radical (unpaired) electrons. The fourth-order valence-electron chi connectivity index (χ4n) is 7.17. The van der Waals surface area contributed by atoms with Gasteiger partial charge in [0.25, 0.3) is 17.7 Å². The Hall–Kier alpha value is -6.91. The maximum atomic E-state index is 13.7. The molecule has 0 aliphatic carbocycles. The zero-order chi connectivity index (χ0) is 44.3. The van der Waals surface area contributed by atoms with Crippen molar-refractivity contribution in [1.29, 1.82) is 0 Å². The lowest BCUT2D eigenvalue weighted by molar-refractivity contribution is -0.146. The number of imide groups is 1. The van der Waals surface area contributed by atoms with Crippen LogP contribution in [0.15, 0.2) is 65.6 Å². The number of aromatic nitrogens is 6. The lowest BCUT2D eigenvalue weighted by Gasteiger charge is -2.39. The number of aryl methyl sites for hydroxylation is 2. The van der Waals surface area contributed by atoms with Crippen molar-refractivity contribution in [2.75, 3.05) is 50.5 Å². The summed E-state index contributed by atoms with van der Waals surface area (Å²) in [5.74, 6) is -1.23. The van der Waals surface area contributed by atoms with Crippen LogP contribution in [0.25, 0.3) is 22.1 Å². The molecule has 5 aromatic rings. The SMILES string of the molecule is CCn1nc(C)cc1C(=O)Nc1nc2cc(C(N)=O)cc(OCCCOC3CN(C(=O)CCN4C(=O)C=CC4=O)C3)c2n1C/C=C/Cn1c(NC)nc2cc(S(N)(=O)=O)ccc21. The van der Waals surface area contributed by atoms with Crippen LogP contribution in [0.1, 0.15) is 46.3 Å². The molecule has 2 aromatic carbocycles. The van der Waals surface area contributed by atoms with E-state index >= 15 is 0 Å². The van der Waals surface area contributed by atoms with Gasteiger partial charge in [0.2, 0.25) is 33.7 Å². The van der Waals surface area contributed by atoms with Crippen molar-refractivity contribution in [2.24, 2.45) is 10.9 Å². The Kier molecular flexibility index (Phi) is 12.5. The molecule has 7 rings (SSSR count). The topological polar surface area (TPSA) is 274 Å². The van der Waals surface area contributed by atoms with Crippen LogP contribution in [-0.4, -0.2) is 123 Å². The zero-order valence-electron chi connectivity index (χ0n) is 34.2. The van der Waals surface area contributed by atoms with Gasteiger partial charge in [-0.3, -0.25) is 38.9 Å². The Balaban J connectivity index is 1.07. The number of likely N-dealkylation sites (tertiary alicyclic amines) is 1. The largest absolute Gasteiger partial charge is 0.491 e. The number of allylic oxidation sites excluding steroid dienone is 2. The maximum absolute atomic E-state index is 13.7. The van der Waals surface area contributed by atoms with E-state index in [-0.39, 0.29) is 54.5 Å². The first-order chi connectivity index (χ1) is 29.6. The van der Waals surface area contributed by atoms with Gasteiger partial charge in [-0.25, -0.2) is 23.5 Å². The summed E-state index contributed by atoms with van der Waals surface area (Å²) in [6.07, 6.45) is 6.40. The van der Waals surface area contributed by atoms with E-state index in [2.05, 4.69) is 20.7 Å². The summed E-state index contributed by atoms with van der Waals surface area (Å²) in [5, 5.41) is 15.7. The number of nitrogens with zero attached hydrogens (tertiary/aromatic N) is 8. The number of carbonyl (C=O) groups excluding carboxylic acids is 5. The number of fused-ring (bicyclic) bond motifs is 2. The van der Waals surface area contributed by atoms with Gasteiger partial charge in [-0.1, -0.05) is 12.2 Å². The summed E-state index contributed by atoms with van der Waals surface area (Å²) in [6, 6.07) is 9.19. The van der Waals surface area contributed by atoms with Crippen LogP contribution in [0, 0.1) is 6.92 Å². The van der Waals surface area contributed by atoms with Crippen molar-refractivity contribution in [3.05, 3.63) is 77.7 Å². The molecule has 0 saturated carbocycles. The first kappa shape index (κ1) is 43.2. The van der Waals surface area contributed by atoms with Gasteiger partial charge in [-0.15, -0.1) is 0 Å².